The van der Waals surface area contributed by atoms with Gasteiger partial charge in [-0.1, -0.05) is 13.8 Å². The first-order chi connectivity index (χ1) is 8.85. The summed E-state index contributed by atoms with van der Waals surface area (Å²) < 4.78 is 24.7. The maximum atomic E-state index is 11.4. The molecule has 110 valence electrons. The van der Waals surface area contributed by atoms with Gasteiger partial charge in [-0.2, -0.15) is 5.10 Å². The average Bonchev–Trinajstić information content (AvgIpc) is 2.74. The minimum Gasteiger partial charge on any atom is -0.313 e. The predicted octanol–water partition coefficient (Wildman–Crippen LogP) is 1.42. The summed E-state index contributed by atoms with van der Waals surface area (Å²) in [6.45, 7) is 6.98. The Labute approximate surface area is 116 Å². The minimum atomic E-state index is -2.98. The zero-order valence-corrected chi connectivity index (χ0v) is 13.1. The largest absolute Gasteiger partial charge is 0.313 e. The molecule has 0 aliphatic carbocycles. The van der Waals surface area contributed by atoms with E-state index in [0.717, 1.165) is 18.7 Å². The van der Waals surface area contributed by atoms with Crippen LogP contribution >= 0.6 is 0 Å². The van der Waals surface area contributed by atoms with Gasteiger partial charge in [-0.3, -0.25) is 4.68 Å². The van der Waals surface area contributed by atoms with Crippen molar-refractivity contribution in [3.63, 3.8) is 0 Å². The van der Waals surface area contributed by atoms with Crippen LogP contribution in [-0.4, -0.2) is 42.8 Å². The van der Waals surface area contributed by atoms with Crippen LogP contribution in [0.25, 0.3) is 0 Å². The van der Waals surface area contributed by atoms with Crippen molar-refractivity contribution in [3.05, 3.63) is 18.0 Å². The van der Waals surface area contributed by atoms with Gasteiger partial charge in [-0.25, -0.2) is 8.42 Å². The second-order valence-electron chi connectivity index (χ2n) is 5.10. The molecule has 0 aliphatic heterocycles. The van der Waals surface area contributed by atoms with Crippen molar-refractivity contribution in [2.75, 3.05) is 18.6 Å². The molecule has 0 saturated heterocycles. The Hall–Kier alpha value is -0.880. The minimum absolute atomic E-state index is 0.0692. The van der Waals surface area contributed by atoms with Gasteiger partial charge in [0.05, 0.1) is 11.4 Å². The van der Waals surface area contributed by atoms with E-state index in [1.54, 1.807) is 0 Å². The molecule has 0 fully saturated rings. The fourth-order valence-electron chi connectivity index (χ4n) is 2.02. The number of aromatic nitrogens is 2. The molecule has 0 aromatic carbocycles. The van der Waals surface area contributed by atoms with Crippen LogP contribution in [0.2, 0.25) is 0 Å². The maximum Gasteiger partial charge on any atom is 0.148 e. The van der Waals surface area contributed by atoms with Crippen LogP contribution in [0.15, 0.2) is 12.3 Å². The van der Waals surface area contributed by atoms with Crippen LogP contribution in [-0.2, 0) is 16.3 Å². The normalized spacial score (nSPS) is 15.4. The Morgan fingerprint density at radius 1 is 1.42 bits per heavy atom. The summed E-state index contributed by atoms with van der Waals surface area (Å²) in [6, 6.07) is 2.28. The van der Waals surface area contributed by atoms with Crippen LogP contribution in [0.5, 0.6) is 0 Å². The van der Waals surface area contributed by atoms with Gasteiger partial charge in [-0.15, -0.1) is 0 Å². The van der Waals surface area contributed by atoms with Crippen molar-refractivity contribution in [2.24, 2.45) is 0 Å². The summed E-state index contributed by atoms with van der Waals surface area (Å²) in [5, 5.41) is 7.73. The van der Waals surface area contributed by atoms with Crippen LogP contribution in [0.3, 0.4) is 0 Å². The summed E-state index contributed by atoms with van der Waals surface area (Å²) in [6.07, 6.45) is 4.91. The molecule has 1 N–H and O–H groups in total. The first kappa shape index (κ1) is 16.2. The quantitative estimate of drug-likeness (QED) is 0.785. The molecule has 0 saturated carbocycles. The van der Waals surface area contributed by atoms with Crippen LogP contribution in [0.1, 0.15) is 38.9 Å². The van der Waals surface area contributed by atoms with E-state index >= 15 is 0 Å². The maximum absolute atomic E-state index is 11.4. The SMILES string of the molecule is CCNC(Cc1ccn(C(C)CC)n1)CS(C)(=O)=O. The number of nitrogens with zero attached hydrogens (tertiary/aromatic N) is 2. The molecule has 1 rings (SSSR count). The van der Waals surface area contributed by atoms with Crippen molar-refractivity contribution in [1.82, 2.24) is 15.1 Å². The lowest BCUT2D eigenvalue weighted by atomic mass is 10.2. The third-order valence-corrected chi connectivity index (χ3v) is 4.17. The lowest BCUT2D eigenvalue weighted by Gasteiger charge is -2.15. The third kappa shape index (κ3) is 5.74. The first-order valence-electron chi connectivity index (χ1n) is 6.80. The van der Waals surface area contributed by atoms with E-state index in [4.69, 9.17) is 0 Å². The molecule has 0 bridgehead atoms. The fourth-order valence-corrected chi connectivity index (χ4v) is 2.98. The van der Waals surface area contributed by atoms with E-state index in [0.29, 0.717) is 12.5 Å². The standard InChI is InChI=1S/C13H25N3O2S/c1-5-11(3)16-8-7-12(15-16)9-13(14-6-2)10-19(4,17)18/h7-8,11,13-14H,5-6,9-10H2,1-4H3. The molecule has 19 heavy (non-hydrogen) atoms. The Kier molecular flexibility index (Phi) is 6.00. The van der Waals surface area contributed by atoms with Gasteiger partial charge in [0.2, 0.25) is 0 Å². The number of nitrogens with one attached hydrogen (secondary N) is 1. The summed E-state index contributed by atoms with van der Waals surface area (Å²) in [7, 11) is -2.98. The second-order valence-corrected chi connectivity index (χ2v) is 7.28. The van der Waals surface area contributed by atoms with Gasteiger partial charge in [0.15, 0.2) is 0 Å². The molecule has 0 radical (unpaired) electrons. The highest BCUT2D eigenvalue weighted by Crippen LogP contribution is 2.10. The monoisotopic (exact) mass is 287 g/mol. The Morgan fingerprint density at radius 3 is 2.63 bits per heavy atom. The van der Waals surface area contributed by atoms with E-state index in [1.165, 1.54) is 6.26 Å². The van der Waals surface area contributed by atoms with Crippen LogP contribution < -0.4 is 5.32 Å². The predicted molar refractivity (Wildman–Crippen MR) is 78.1 cm³/mol. The van der Waals surface area contributed by atoms with Gasteiger partial charge in [0.1, 0.15) is 9.84 Å². The van der Waals surface area contributed by atoms with E-state index < -0.39 is 9.84 Å². The van der Waals surface area contributed by atoms with Crippen molar-refractivity contribution >= 4 is 9.84 Å². The molecule has 2 atom stereocenters. The molecule has 2 unspecified atom stereocenters. The Balaban J connectivity index is 2.71. The van der Waals surface area contributed by atoms with Gasteiger partial charge in [0, 0.05) is 31.0 Å². The van der Waals surface area contributed by atoms with E-state index in [9.17, 15) is 8.42 Å². The molecule has 0 amide bonds. The zero-order chi connectivity index (χ0) is 14.5. The molecule has 0 aliphatic rings. The summed E-state index contributed by atoms with van der Waals surface area (Å²) >= 11 is 0. The van der Waals surface area contributed by atoms with E-state index in [-0.39, 0.29) is 11.8 Å². The van der Waals surface area contributed by atoms with Gasteiger partial charge < -0.3 is 5.32 Å². The first-order valence-corrected chi connectivity index (χ1v) is 8.86. The van der Waals surface area contributed by atoms with Gasteiger partial charge >= 0.3 is 0 Å². The molecule has 5 nitrogen and oxygen atoms in total. The average molecular weight is 287 g/mol. The highest BCUT2D eigenvalue weighted by Gasteiger charge is 2.16. The van der Waals surface area contributed by atoms with E-state index in [2.05, 4.69) is 24.3 Å². The summed E-state index contributed by atoms with van der Waals surface area (Å²) in [4.78, 5) is 0. The zero-order valence-electron chi connectivity index (χ0n) is 12.3. The number of hydrogen-bond acceptors (Lipinski definition) is 4. The molecular weight excluding hydrogens is 262 g/mol. The molecule has 6 heteroatoms. The van der Waals surface area contributed by atoms with Crippen molar-refractivity contribution < 1.29 is 8.42 Å². The third-order valence-electron chi connectivity index (χ3n) is 3.16. The van der Waals surface area contributed by atoms with Crippen molar-refractivity contribution in [1.29, 1.82) is 0 Å². The molecule has 1 aromatic rings. The number of rotatable bonds is 8. The van der Waals surface area contributed by atoms with Gasteiger partial charge in [-0.05, 0) is 26.0 Å². The second kappa shape index (κ2) is 7.05. The van der Waals surface area contributed by atoms with Gasteiger partial charge in [0.25, 0.3) is 0 Å². The highest BCUT2D eigenvalue weighted by molar-refractivity contribution is 7.90. The number of likely N-dealkylation sites (N-methyl/N-ethyl adjacent to an activating group) is 1. The van der Waals surface area contributed by atoms with Crippen LogP contribution in [0.4, 0.5) is 0 Å². The molecular formula is C13H25N3O2S. The lowest BCUT2D eigenvalue weighted by molar-refractivity contribution is 0.468. The lowest BCUT2D eigenvalue weighted by Crippen LogP contribution is -2.37. The summed E-state index contributed by atoms with van der Waals surface area (Å²) in [5.74, 6) is 0.150. The molecule has 1 aromatic heterocycles. The Morgan fingerprint density at radius 2 is 2.11 bits per heavy atom. The Bertz CT molecular complexity index is 482. The number of sulfone groups is 1. The summed E-state index contributed by atoms with van der Waals surface area (Å²) in [5.41, 5.74) is 0.940. The van der Waals surface area contributed by atoms with Crippen LogP contribution in [0, 0.1) is 0 Å². The highest BCUT2D eigenvalue weighted by atomic mass is 32.2. The molecule has 1 heterocycles. The van der Waals surface area contributed by atoms with Crippen molar-refractivity contribution in [2.45, 2.75) is 45.7 Å². The van der Waals surface area contributed by atoms with Crippen molar-refractivity contribution in [3.8, 4) is 0 Å². The topological polar surface area (TPSA) is 64.0 Å². The number of hydrogen-bond donors (Lipinski definition) is 1. The fraction of sp³-hybridized carbons (Fsp3) is 0.769. The van der Waals surface area contributed by atoms with E-state index in [1.807, 2.05) is 23.9 Å². The molecule has 0 spiro atoms. The smallest absolute Gasteiger partial charge is 0.148 e.